The predicted octanol–water partition coefficient (Wildman–Crippen LogP) is 5.13. The van der Waals surface area contributed by atoms with E-state index in [4.69, 9.17) is 4.74 Å². The van der Waals surface area contributed by atoms with Crippen LogP contribution in [-0.2, 0) is 14.3 Å². The van der Waals surface area contributed by atoms with Gasteiger partial charge in [0.1, 0.15) is 0 Å². The summed E-state index contributed by atoms with van der Waals surface area (Å²) in [6.07, 6.45) is 20.7. The molecule has 5 nitrogen and oxygen atoms in total. The average molecular weight is 426 g/mol. The van der Waals surface area contributed by atoms with Crippen molar-refractivity contribution in [1.82, 2.24) is 0 Å². The maximum atomic E-state index is 12.1. The predicted molar refractivity (Wildman–Crippen MR) is 122 cm³/mol. The molecule has 30 heavy (non-hydrogen) atoms. The number of allylic oxidation sites excluding steroid dienone is 2. The van der Waals surface area contributed by atoms with Gasteiger partial charge in [0.2, 0.25) is 6.23 Å². The minimum atomic E-state index is -1.11. The van der Waals surface area contributed by atoms with E-state index in [9.17, 15) is 14.7 Å². The molecule has 0 N–H and O–H groups in total. The second kappa shape index (κ2) is 18.4. The number of hydrogen-bond acceptors (Lipinski definition) is 4. The SMILES string of the molecule is CCCCCC/C=C/CCCCCCCCCC(=O)O[C@@H](CCC(=O)[O-])[N+](C)(C)C. The zero-order valence-electron chi connectivity index (χ0n) is 20.1. The van der Waals surface area contributed by atoms with Crippen LogP contribution in [-0.4, -0.2) is 43.8 Å². The normalized spacial score (nSPS) is 12.9. The third-order valence-electron chi connectivity index (χ3n) is 5.37. The number of carbonyl (C=O) groups excluding carboxylic acids is 2. The van der Waals surface area contributed by atoms with E-state index < -0.39 is 12.2 Å². The molecule has 0 heterocycles. The lowest BCUT2D eigenvalue weighted by atomic mass is 10.1. The molecule has 176 valence electrons. The van der Waals surface area contributed by atoms with Gasteiger partial charge in [-0.2, -0.15) is 0 Å². The van der Waals surface area contributed by atoms with Crippen LogP contribution in [0.4, 0.5) is 0 Å². The second-order valence-electron chi connectivity index (χ2n) is 9.31. The zero-order valence-corrected chi connectivity index (χ0v) is 20.1. The Hall–Kier alpha value is -1.36. The van der Waals surface area contributed by atoms with Crippen LogP contribution in [0, 0.1) is 0 Å². The van der Waals surface area contributed by atoms with Crippen molar-refractivity contribution >= 4 is 11.9 Å². The van der Waals surface area contributed by atoms with Crippen molar-refractivity contribution in [3.05, 3.63) is 12.2 Å². The average Bonchev–Trinajstić information content (AvgIpc) is 2.67. The molecule has 5 heteroatoms. The Balaban J connectivity index is 3.63. The highest BCUT2D eigenvalue weighted by atomic mass is 16.6. The summed E-state index contributed by atoms with van der Waals surface area (Å²) in [6.45, 7) is 2.25. The van der Waals surface area contributed by atoms with Gasteiger partial charge in [-0.3, -0.25) is 9.28 Å². The van der Waals surface area contributed by atoms with E-state index in [-0.39, 0.29) is 18.8 Å². The van der Waals surface area contributed by atoms with Gasteiger partial charge in [0.15, 0.2) is 0 Å². The molecule has 0 saturated carbocycles. The number of carboxylic acids is 1. The molecule has 0 rings (SSSR count). The number of nitrogens with zero attached hydrogens (tertiary/aromatic N) is 1. The van der Waals surface area contributed by atoms with Gasteiger partial charge in [0.25, 0.3) is 0 Å². The van der Waals surface area contributed by atoms with E-state index in [1.165, 1.54) is 64.2 Å². The molecular weight excluding hydrogens is 378 g/mol. The summed E-state index contributed by atoms with van der Waals surface area (Å²) in [4.78, 5) is 22.8. The summed E-state index contributed by atoms with van der Waals surface area (Å²) >= 11 is 0. The van der Waals surface area contributed by atoms with Crippen molar-refractivity contribution in [3.63, 3.8) is 0 Å². The van der Waals surface area contributed by atoms with E-state index in [0.29, 0.717) is 10.9 Å². The van der Waals surface area contributed by atoms with Crippen molar-refractivity contribution in [1.29, 1.82) is 0 Å². The van der Waals surface area contributed by atoms with Crippen LogP contribution in [0.3, 0.4) is 0 Å². The van der Waals surface area contributed by atoms with E-state index in [0.717, 1.165) is 19.3 Å². The Morgan fingerprint density at radius 2 is 1.30 bits per heavy atom. The van der Waals surface area contributed by atoms with Crippen molar-refractivity contribution in [3.8, 4) is 0 Å². The van der Waals surface area contributed by atoms with Gasteiger partial charge in [-0.1, -0.05) is 70.4 Å². The van der Waals surface area contributed by atoms with Gasteiger partial charge in [0, 0.05) is 18.8 Å². The molecule has 0 aromatic rings. The van der Waals surface area contributed by atoms with Gasteiger partial charge >= 0.3 is 5.97 Å². The molecule has 0 aliphatic heterocycles. The maximum absolute atomic E-state index is 12.1. The van der Waals surface area contributed by atoms with Crippen LogP contribution in [0.2, 0.25) is 0 Å². The van der Waals surface area contributed by atoms with Crippen molar-refractivity contribution in [2.45, 2.75) is 116 Å². The van der Waals surface area contributed by atoms with Crippen LogP contribution in [0.5, 0.6) is 0 Å². The molecular formula is C25H47NO4. The van der Waals surface area contributed by atoms with E-state index in [2.05, 4.69) is 19.1 Å². The largest absolute Gasteiger partial charge is 0.550 e. The van der Waals surface area contributed by atoms with E-state index >= 15 is 0 Å². The number of carbonyl (C=O) groups is 2. The van der Waals surface area contributed by atoms with Crippen LogP contribution in [0.25, 0.3) is 0 Å². The summed E-state index contributed by atoms with van der Waals surface area (Å²) in [7, 11) is 5.70. The van der Waals surface area contributed by atoms with Gasteiger partial charge < -0.3 is 14.6 Å². The summed E-state index contributed by atoms with van der Waals surface area (Å²) in [6, 6.07) is 0. The first-order chi connectivity index (χ1) is 14.3. The second-order valence-corrected chi connectivity index (χ2v) is 9.31. The number of carboxylic acid groups (broad SMARTS) is 1. The number of aliphatic carboxylic acids is 1. The molecule has 0 unspecified atom stereocenters. The third-order valence-corrected chi connectivity index (χ3v) is 5.37. The molecule has 0 radical (unpaired) electrons. The molecule has 0 amide bonds. The Bertz CT molecular complexity index is 468. The first-order valence-electron chi connectivity index (χ1n) is 12.1. The summed E-state index contributed by atoms with van der Waals surface area (Å²) in [5.74, 6) is -1.34. The number of quaternary nitrogens is 1. The fraction of sp³-hybridized carbons (Fsp3) is 0.840. The first-order valence-corrected chi connectivity index (χ1v) is 12.1. The molecule has 0 aliphatic rings. The summed E-state index contributed by atoms with van der Waals surface area (Å²) < 4.78 is 5.92. The lowest BCUT2D eigenvalue weighted by Gasteiger charge is -2.33. The van der Waals surface area contributed by atoms with E-state index in [1.54, 1.807) is 0 Å². The monoisotopic (exact) mass is 425 g/mol. The standard InChI is InChI=1S/C25H47NO4/c1-5-6-7-8-9-10-11-12-13-14-15-16-17-18-19-20-25(29)30-23(26(2,3)4)21-22-24(27)28/h10-11,23H,5-9,12-22H2,1-4H3/b11-10+/t23-/m0/s1. The van der Waals surface area contributed by atoms with E-state index in [1.807, 2.05) is 21.1 Å². The quantitative estimate of drug-likeness (QED) is 0.0891. The van der Waals surface area contributed by atoms with Crippen molar-refractivity contribution in [2.24, 2.45) is 0 Å². The topological polar surface area (TPSA) is 66.4 Å². The molecule has 0 aromatic heterocycles. The highest BCUT2D eigenvalue weighted by Crippen LogP contribution is 2.15. The zero-order chi connectivity index (χ0) is 22.7. The number of ether oxygens (including phenoxy) is 1. The maximum Gasteiger partial charge on any atom is 0.310 e. The number of esters is 1. The number of hydrogen-bond donors (Lipinski definition) is 0. The summed E-state index contributed by atoms with van der Waals surface area (Å²) in [5, 5.41) is 10.7. The fourth-order valence-electron chi connectivity index (χ4n) is 3.40. The van der Waals surface area contributed by atoms with Crippen molar-refractivity contribution in [2.75, 3.05) is 21.1 Å². The highest BCUT2D eigenvalue weighted by molar-refractivity contribution is 5.69. The van der Waals surface area contributed by atoms with Crippen LogP contribution < -0.4 is 5.11 Å². The van der Waals surface area contributed by atoms with Gasteiger partial charge in [-0.25, -0.2) is 0 Å². The first kappa shape index (κ1) is 28.6. The van der Waals surface area contributed by atoms with Crippen LogP contribution in [0.15, 0.2) is 12.2 Å². The summed E-state index contributed by atoms with van der Waals surface area (Å²) in [5.41, 5.74) is 0. The van der Waals surface area contributed by atoms with Crippen molar-refractivity contribution < 1.29 is 23.9 Å². The molecule has 0 aliphatic carbocycles. The van der Waals surface area contributed by atoms with Gasteiger partial charge in [0.05, 0.1) is 21.1 Å². The number of rotatable bonds is 20. The fourth-order valence-corrected chi connectivity index (χ4v) is 3.40. The Kier molecular flexibility index (Phi) is 17.6. The smallest absolute Gasteiger partial charge is 0.310 e. The lowest BCUT2D eigenvalue weighted by molar-refractivity contribution is -0.917. The molecule has 0 saturated heterocycles. The minimum absolute atomic E-state index is 0.0950. The molecule has 0 spiro atoms. The van der Waals surface area contributed by atoms with Crippen LogP contribution in [0.1, 0.15) is 110 Å². The molecule has 0 aromatic carbocycles. The lowest BCUT2D eigenvalue weighted by Crippen LogP contribution is -2.48. The van der Waals surface area contributed by atoms with Gasteiger partial charge in [-0.05, 0) is 38.5 Å². The molecule has 1 atom stereocenters. The Morgan fingerprint density at radius 1 is 0.800 bits per heavy atom. The third kappa shape index (κ3) is 18.7. The molecule has 0 fully saturated rings. The van der Waals surface area contributed by atoms with Crippen LogP contribution >= 0.6 is 0 Å². The van der Waals surface area contributed by atoms with Gasteiger partial charge in [-0.15, -0.1) is 0 Å². The Labute approximate surface area is 185 Å². The number of unbranched alkanes of at least 4 members (excludes halogenated alkanes) is 11. The molecule has 0 bridgehead atoms. The Morgan fingerprint density at radius 3 is 1.80 bits per heavy atom. The minimum Gasteiger partial charge on any atom is -0.550 e. The highest BCUT2D eigenvalue weighted by Gasteiger charge is 2.27.